The molecule has 3 aromatic rings. The summed E-state index contributed by atoms with van der Waals surface area (Å²) in [5.74, 6) is -0.0611. The number of rotatable bonds is 7. The highest BCUT2D eigenvalue weighted by molar-refractivity contribution is 5.99. The summed E-state index contributed by atoms with van der Waals surface area (Å²) in [6, 6.07) is 23.7. The molecule has 168 valence electrons. The van der Waals surface area contributed by atoms with E-state index < -0.39 is 0 Å². The summed E-state index contributed by atoms with van der Waals surface area (Å²) in [4.78, 5) is 24.6. The van der Waals surface area contributed by atoms with Crippen molar-refractivity contribution in [2.24, 2.45) is 0 Å². The first-order valence-electron chi connectivity index (χ1n) is 10.6. The lowest BCUT2D eigenvalue weighted by atomic mass is 9.87. The molecule has 0 aromatic heterocycles. The van der Waals surface area contributed by atoms with Crippen LogP contribution in [0.5, 0.6) is 5.75 Å². The lowest BCUT2D eigenvalue weighted by molar-refractivity contribution is -0.115. The number of nitriles is 1. The molecule has 0 aliphatic rings. The van der Waals surface area contributed by atoms with Gasteiger partial charge in [-0.15, -0.1) is 0 Å². The molecule has 0 aliphatic heterocycles. The number of nitrogens with zero attached hydrogens (tertiary/aromatic N) is 1. The molecule has 0 fully saturated rings. The van der Waals surface area contributed by atoms with Crippen LogP contribution in [0.4, 0.5) is 5.69 Å². The van der Waals surface area contributed by atoms with Gasteiger partial charge in [0.2, 0.25) is 5.91 Å². The first-order chi connectivity index (χ1) is 15.7. The summed E-state index contributed by atoms with van der Waals surface area (Å²) < 4.78 is 5.77. The van der Waals surface area contributed by atoms with Gasteiger partial charge in [0.1, 0.15) is 12.4 Å². The van der Waals surface area contributed by atoms with Crippen molar-refractivity contribution in [2.75, 3.05) is 11.9 Å². The van der Waals surface area contributed by atoms with Crippen molar-refractivity contribution in [3.8, 4) is 11.8 Å². The van der Waals surface area contributed by atoms with E-state index in [-0.39, 0.29) is 23.8 Å². The van der Waals surface area contributed by atoms with Crippen LogP contribution in [-0.2, 0) is 16.8 Å². The molecule has 6 nitrogen and oxygen atoms in total. The number of hydrogen-bond donors (Lipinski definition) is 2. The zero-order valence-electron chi connectivity index (χ0n) is 19.0. The fourth-order valence-corrected chi connectivity index (χ4v) is 3.15. The molecule has 0 unspecified atom stereocenters. The van der Waals surface area contributed by atoms with E-state index >= 15 is 0 Å². The summed E-state index contributed by atoms with van der Waals surface area (Å²) in [6.07, 6.45) is 0. The molecule has 3 aromatic carbocycles. The van der Waals surface area contributed by atoms with E-state index in [9.17, 15) is 9.59 Å². The van der Waals surface area contributed by atoms with Gasteiger partial charge in [0.05, 0.1) is 18.2 Å². The highest BCUT2D eigenvalue weighted by atomic mass is 16.5. The summed E-state index contributed by atoms with van der Waals surface area (Å²) in [6.45, 7) is 6.48. The minimum atomic E-state index is -0.339. The monoisotopic (exact) mass is 441 g/mol. The summed E-state index contributed by atoms with van der Waals surface area (Å²) in [5.41, 5.74) is 3.66. The normalized spacial score (nSPS) is 10.7. The number of amides is 2. The van der Waals surface area contributed by atoms with Crippen molar-refractivity contribution < 1.29 is 14.3 Å². The van der Waals surface area contributed by atoms with E-state index in [4.69, 9.17) is 10.00 Å². The van der Waals surface area contributed by atoms with Crippen LogP contribution in [0.1, 0.15) is 47.8 Å². The van der Waals surface area contributed by atoms with Gasteiger partial charge in [0.25, 0.3) is 5.91 Å². The van der Waals surface area contributed by atoms with Crippen LogP contribution in [0.2, 0.25) is 0 Å². The molecule has 0 heterocycles. The Morgan fingerprint density at radius 1 is 0.970 bits per heavy atom. The number of benzene rings is 3. The molecule has 0 saturated heterocycles. The fourth-order valence-electron chi connectivity index (χ4n) is 3.15. The second kappa shape index (κ2) is 10.5. The highest BCUT2D eigenvalue weighted by Gasteiger charge is 2.14. The average Bonchev–Trinajstić information content (AvgIpc) is 2.81. The lowest BCUT2D eigenvalue weighted by Crippen LogP contribution is -2.32. The third kappa shape index (κ3) is 6.94. The standard InChI is InChI=1S/C27H27N3O3/c1-27(2,3)22-12-10-21(11-13-22)26(32)29-17-25(31)30-23-8-5-9-24(15-23)33-18-20-7-4-6-19(14-20)16-28/h4-15H,17-18H2,1-3H3,(H,29,32)(H,30,31). The Kier molecular flexibility index (Phi) is 7.47. The number of carbonyl (C=O) groups is 2. The van der Waals surface area contributed by atoms with E-state index in [2.05, 4.69) is 37.5 Å². The predicted molar refractivity (Wildman–Crippen MR) is 128 cm³/mol. The third-order valence-corrected chi connectivity index (χ3v) is 5.00. The number of nitrogens with one attached hydrogen (secondary N) is 2. The second-order valence-corrected chi connectivity index (χ2v) is 8.69. The first kappa shape index (κ1) is 23.6. The number of hydrogen-bond acceptors (Lipinski definition) is 4. The van der Waals surface area contributed by atoms with E-state index in [1.165, 1.54) is 0 Å². The molecule has 6 heteroatoms. The van der Waals surface area contributed by atoms with Gasteiger partial charge < -0.3 is 15.4 Å². The van der Waals surface area contributed by atoms with Crippen LogP contribution in [0.15, 0.2) is 72.8 Å². The second-order valence-electron chi connectivity index (χ2n) is 8.69. The van der Waals surface area contributed by atoms with Gasteiger partial charge in [-0.3, -0.25) is 9.59 Å². The zero-order valence-corrected chi connectivity index (χ0v) is 19.0. The van der Waals surface area contributed by atoms with Crippen LogP contribution < -0.4 is 15.4 Å². The Bertz CT molecular complexity index is 1170. The fraction of sp³-hybridized carbons (Fsp3) is 0.222. The maximum absolute atomic E-state index is 12.4. The molecule has 0 bridgehead atoms. The Morgan fingerprint density at radius 3 is 2.39 bits per heavy atom. The van der Waals surface area contributed by atoms with Crippen molar-refractivity contribution in [3.63, 3.8) is 0 Å². The SMILES string of the molecule is CC(C)(C)c1ccc(C(=O)NCC(=O)Nc2cccc(OCc3cccc(C#N)c3)c2)cc1. The van der Waals surface area contributed by atoms with Crippen LogP contribution in [-0.4, -0.2) is 18.4 Å². The van der Waals surface area contributed by atoms with Gasteiger partial charge in [-0.2, -0.15) is 5.26 Å². The van der Waals surface area contributed by atoms with Crippen molar-refractivity contribution in [3.05, 3.63) is 95.1 Å². The molecule has 0 radical (unpaired) electrons. The molecule has 0 saturated carbocycles. The molecule has 0 aliphatic carbocycles. The first-order valence-corrected chi connectivity index (χ1v) is 10.6. The Labute approximate surface area is 194 Å². The van der Waals surface area contributed by atoms with Crippen molar-refractivity contribution in [2.45, 2.75) is 32.8 Å². The molecule has 33 heavy (non-hydrogen) atoms. The Hall–Kier alpha value is -4.11. The average molecular weight is 442 g/mol. The van der Waals surface area contributed by atoms with Crippen LogP contribution in [0.3, 0.4) is 0 Å². The van der Waals surface area contributed by atoms with E-state index in [0.717, 1.165) is 11.1 Å². The summed E-state index contributed by atoms with van der Waals surface area (Å²) in [5, 5.41) is 14.4. The predicted octanol–water partition coefficient (Wildman–Crippen LogP) is 4.80. The van der Waals surface area contributed by atoms with Crippen molar-refractivity contribution in [1.82, 2.24) is 5.32 Å². The minimum absolute atomic E-state index is 0.00775. The summed E-state index contributed by atoms with van der Waals surface area (Å²) >= 11 is 0. The van der Waals surface area contributed by atoms with Gasteiger partial charge in [0.15, 0.2) is 0 Å². The Morgan fingerprint density at radius 2 is 1.70 bits per heavy atom. The van der Waals surface area contributed by atoms with E-state index in [1.807, 2.05) is 18.2 Å². The minimum Gasteiger partial charge on any atom is -0.489 e. The van der Waals surface area contributed by atoms with Gasteiger partial charge in [-0.1, -0.05) is 51.1 Å². The maximum atomic E-state index is 12.4. The molecule has 2 amide bonds. The number of ether oxygens (including phenoxy) is 1. The van der Waals surface area contributed by atoms with Gasteiger partial charge in [-0.25, -0.2) is 0 Å². The molecule has 2 N–H and O–H groups in total. The third-order valence-electron chi connectivity index (χ3n) is 5.00. The highest BCUT2D eigenvalue weighted by Crippen LogP contribution is 2.22. The van der Waals surface area contributed by atoms with Crippen LogP contribution in [0, 0.1) is 11.3 Å². The maximum Gasteiger partial charge on any atom is 0.251 e. The van der Waals surface area contributed by atoms with E-state index in [0.29, 0.717) is 29.2 Å². The molecule has 0 spiro atoms. The topological polar surface area (TPSA) is 91.2 Å². The lowest BCUT2D eigenvalue weighted by Gasteiger charge is -2.19. The van der Waals surface area contributed by atoms with Crippen molar-refractivity contribution >= 4 is 17.5 Å². The van der Waals surface area contributed by atoms with Gasteiger partial charge in [-0.05, 0) is 52.9 Å². The number of carbonyl (C=O) groups excluding carboxylic acids is 2. The van der Waals surface area contributed by atoms with Crippen molar-refractivity contribution in [1.29, 1.82) is 5.26 Å². The largest absolute Gasteiger partial charge is 0.489 e. The van der Waals surface area contributed by atoms with Gasteiger partial charge >= 0.3 is 0 Å². The van der Waals surface area contributed by atoms with Gasteiger partial charge in [0, 0.05) is 17.3 Å². The zero-order chi connectivity index (χ0) is 23.8. The molecule has 3 rings (SSSR count). The van der Waals surface area contributed by atoms with E-state index in [1.54, 1.807) is 54.6 Å². The quantitative estimate of drug-likeness (QED) is 0.551. The smallest absolute Gasteiger partial charge is 0.251 e. The number of anilines is 1. The summed E-state index contributed by atoms with van der Waals surface area (Å²) in [7, 11) is 0. The molecule has 0 atom stereocenters. The molecular weight excluding hydrogens is 414 g/mol. The Balaban J connectivity index is 1.51. The molecular formula is C27H27N3O3. The van der Waals surface area contributed by atoms with Crippen LogP contribution in [0.25, 0.3) is 0 Å². The van der Waals surface area contributed by atoms with Crippen LogP contribution >= 0.6 is 0 Å².